The number of hydrogen-bond donors (Lipinski definition) is 2. The van der Waals surface area contributed by atoms with Crippen molar-refractivity contribution in [2.75, 3.05) is 5.32 Å². The Labute approximate surface area is 111 Å². The summed E-state index contributed by atoms with van der Waals surface area (Å²) in [6.07, 6.45) is 4.21. The van der Waals surface area contributed by atoms with Gasteiger partial charge in [-0.3, -0.25) is 10.1 Å². The Bertz CT molecular complexity index is 517. The van der Waals surface area contributed by atoms with E-state index in [2.05, 4.69) is 20.5 Å². The molecule has 2 aromatic rings. The maximum absolute atomic E-state index is 11.8. The van der Waals surface area contributed by atoms with Crippen molar-refractivity contribution < 1.29 is 4.79 Å². The molecule has 1 unspecified atom stereocenters. The van der Waals surface area contributed by atoms with E-state index >= 15 is 0 Å². The fourth-order valence-corrected chi connectivity index (χ4v) is 1.61. The minimum absolute atomic E-state index is 0.169. The number of carbonyl (C=O) groups is 1. The van der Waals surface area contributed by atoms with Gasteiger partial charge in [0.15, 0.2) is 0 Å². The van der Waals surface area contributed by atoms with Crippen LogP contribution in [0.25, 0.3) is 0 Å². The molecule has 0 fully saturated rings. The number of carbonyl (C=O) groups excluding carboxylic acids is 1. The van der Waals surface area contributed by atoms with Crippen LogP contribution < -0.4 is 11.1 Å². The Morgan fingerprint density at radius 1 is 1.26 bits per heavy atom. The van der Waals surface area contributed by atoms with Crippen molar-refractivity contribution >= 4 is 11.9 Å². The van der Waals surface area contributed by atoms with E-state index in [9.17, 15) is 4.79 Å². The number of nitrogens with zero attached hydrogens (tertiary/aromatic N) is 3. The molecule has 1 heterocycles. The Morgan fingerprint density at radius 2 is 2.05 bits per heavy atom. The fraction of sp³-hybridized carbons (Fsp3) is 0.231. The molecule has 0 saturated heterocycles. The molecule has 1 aromatic carbocycles. The summed E-state index contributed by atoms with van der Waals surface area (Å²) in [5, 5.41) is 9.82. The summed E-state index contributed by atoms with van der Waals surface area (Å²) in [5.74, 6) is -0.133. The zero-order valence-corrected chi connectivity index (χ0v) is 10.4. The van der Waals surface area contributed by atoms with Crippen molar-refractivity contribution in [3.8, 4) is 0 Å². The second-order valence-electron chi connectivity index (χ2n) is 4.09. The highest BCUT2D eigenvalue weighted by atomic mass is 16.2. The lowest BCUT2D eigenvalue weighted by Gasteiger charge is -2.10. The lowest BCUT2D eigenvalue weighted by Crippen LogP contribution is -2.36. The third kappa shape index (κ3) is 4.11. The molecule has 6 nitrogen and oxygen atoms in total. The van der Waals surface area contributed by atoms with Crippen LogP contribution in [0.2, 0.25) is 0 Å². The van der Waals surface area contributed by atoms with Crippen LogP contribution in [0.3, 0.4) is 0 Å². The average molecular weight is 257 g/mol. The van der Waals surface area contributed by atoms with E-state index in [-0.39, 0.29) is 11.9 Å². The van der Waals surface area contributed by atoms with Gasteiger partial charge in [-0.15, -0.1) is 5.10 Å². The Kier molecular flexibility index (Phi) is 4.52. The first-order valence-electron chi connectivity index (χ1n) is 6.00. The summed E-state index contributed by atoms with van der Waals surface area (Å²) in [6.45, 7) is 0. The molecule has 2 rings (SSSR count). The third-order valence-electron chi connectivity index (χ3n) is 2.64. The van der Waals surface area contributed by atoms with Crippen LogP contribution in [0.5, 0.6) is 0 Å². The first-order valence-corrected chi connectivity index (χ1v) is 6.00. The van der Waals surface area contributed by atoms with Gasteiger partial charge in [0.2, 0.25) is 11.9 Å². The monoisotopic (exact) mass is 257 g/mol. The van der Waals surface area contributed by atoms with Crippen LogP contribution in [0.15, 0.2) is 42.7 Å². The lowest BCUT2D eigenvalue weighted by atomic mass is 10.1. The quantitative estimate of drug-likeness (QED) is 0.825. The molecular formula is C13H15N5O. The van der Waals surface area contributed by atoms with Gasteiger partial charge in [0.05, 0.1) is 18.4 Å². The molecule has 0 spiro atoms. The summed E-state index contributed by atoms with van der Waals surface area (Å²) in [6, 6.07) is 9.30. The molecule has 0 radical (unpaired) electrons. The molecule has 0 aliphatic heterocycles. The van der Waals surface area contributed by atoms with Gasteiger partial charge in [-0.2, -0.15) is 5.10 Å². The second-order valence-corrected chi connectivity index (χ2v) is 4.09. The van der Waals surface area contributed by atoms with Crippen molar-refractivity contribution in [1.82, 2.24) is 15.2 Å². The number of nitrogens with one attached hydrogen (secondary N) is 1. The van der Waals surface area contributed by atoms with Gasteiger partial charge in [0.1, 0.15) is 0 Å². The predicted octanol–water partition coefficient (Wildman–Crippen LogP) is 0.770. The Morgan fingerprint density at radius 3 is 2.74 bits per heavy atom. The standard InChI is InChI=1S/C13H15N5O/c14-11(7-6-10-4-2-1-3-5-10)12(19)17-13-15-8-9-16-18-13/h1-5,8-9,11H,6-7,14H2,(H,15,17,18,19). The predicted molar refractivity (Wildman–Crippen MR) is 71.2 cm³/mol. The van der Waals surface area contributed by atoms with Crippen LogP contribution in [0, 0.1) is 0 Å². The Hall–Kier alpha value is -2.34. The fourth-order valence-electron chi connectivity index (χ4n) is 1.61. The van der Waals surface area contributed by atoms with Crippen LogP contribution in [0.1, 0.15) is 12.0 Å². The van der Waals surface area contributed by atoms with Gasteiger partial charge in [-0.1, -0.05) is 30.3 Å². The van der Waals surface area contributed by atoms with Gasteiger partial charge in [-0.25, -0.2) is 4.98 Å². The summed E-state index contributed by atoms with van der Waals surface area (Å²) in [4.78, 5) is 15.6. The smallest absolute Gasteiger partial charge is 0.249 e. The molecule has 0 saturated carbocycles. The van der Waals surface area contributed by atoms with E-state index in [0.29, 0.717) is 6.42 Å². The van der Waals surface area contributed by atoms with E-state index in [1.54, 1.807) is 0 Å². The normalized spacial score (nSPS) is 11.8. The van der Waals surface area contributed by atoms with E-state index in [0.717, 1.165) is 12.0 Å². The second kappa shape index (κ2) is 6.55. The number of benzene rings is 1. The average Bonchev–Trinajstić information content (AvgIpc) is 2.47. The number of anilines is 1. The van der Waals surface area contributed by atoms with Gasteiger partial charge < -0.3 is 5.73 Å². The minimum atomic E-state index is -0.594. The summed E-state index contributed by atoms with van der Waals surface area (Å²) < 4.78 is 0. The van der Waals surface area contributed by atoms with Crippen molar-refractivity contribution in [3.63, 3.8) is 0 Å². The number of rotatable bonds is 5. The highest BCUT2D eigenvalue weighted by Gasteiger charge is 2.14. The molecule has 0 aliphatic carbocycles. The van der Waals surface area contributed by atoms with Gasteiger partial charge in [-0.05, 0) is 18.4 Å². The van der Waals surface area contributed by atoms with Crippen LogP contribution in [-0.4, -0.2) is 27.1 Å². The molecule has 1 aromatic heterocycles. The zero-order chi connectivity index (χ0) is 13.5. The molecule has 98 valence electrons. The molecule has 1 amide bonds. The largest absolute Gasteiger partial charge is 0.320 e. The van der Waals surface area contributed by atoms with Crippen LogP contribution in [-0.2, 0) is 11.2 Å². The van der Waals surface area contributed by atoms with Gasteiger partial charge in [0, 0.05) is 0 Å². The minimum Gasteiger partial charge on any atom is -0.320 e. The first-order chi connectivity index (χ1) is 9.25. The molecule has 0 bridgehead atoms. The number of aromatic nitrogens is 3. The number of hydrogen-bond acceptors (Lipinski definition) is 5. The highest BCUT2D eigenvalue weighted by molar-refractivity contribution is 5.93. The van der Waals surface area contributed by atoms with Crippen LogP contribution >= 0.6 is 0 Å². The maximum Gasteiger partial charge on any atom is 0.249 e. The van der Waals surface area contributed by atoms with Crippen molar-refractivity contribution in [3.05, 3.63) is 48.3 Å². The van der Waals surface area contributed by atoms with Crippen molar-refractivity contribution in [2.45, 2.75) is 18.9 Å². The summed E-state index contributed by atoms with van der Waals surface area (Å²) in [7, 11) is 0. The summed E-state index contributed by atoms with van der Waals surface area (Å²) >= 11 is 0. The van der Waals surface area contributed by atoms with Gasteiger partial charge >= 0.3 is 0 Å². The topological polar surface area (TPSA) is 93.8 Å². The van der Waals surface area contributed by atoms with Crippen molar-refractivity contribution in [2.24, 2.45) is 5.73 Å². The lowest BCUT2D eigenvalue weighted by molar-refractivity contribution is -0.117. The maximum atomic E-state index is 11.8. The molecule has 3 N–H and O–H groups in total. The summed E-state index contributed by atoms with van der Waals surface area (Å²) in [5.41, 5.74) is 6.98. The zero-order valence-electron chi connectivity index (χ0n) is 10.4. The molecular weight excluding hydrogens is 242 g/mol. The van der Waals surface area contributed by atoms with Crippen molar-refractivity contribution in [1.29, 1.82) is 0 Å². The van der Waals surface area contributed by atoms with E-state index in [1.807, 2.05) is 30.3 Å². The number of nitrogens with two attached hydrogens (primary N) is 1. The van der Waals surface area contributed by atoms with Gasteiger partial charge in [0.25, 0.3) is 0 Å². The SMILES string of the molecule is NC(CCc1ccccc1)C(=O)Nc1nccnn1. The van der Waals surface area contributed by atoms with E-state index in [4.69, 9.17) is 5.73 Å². The van der Waals surface area contributed by atoms with E-state index < -0.39 is 6.04 Å². The highest BCUT2D eigenvalue weighted by Crippen LogP contribution is 2.05. The van der Waals surface area contributed by atoms with E-state index in [1.165, 1.54) is 12.4 Å². The first kappa shape index (κ1) is 13.1. The van der Waals surface area contributed by atoms with Crippen LogP contribution in [0.4, 0.5) is 5.95 Å². The Balaban J connectivity index is 1.83. The molecule has 19 heavy (non-hydrogen) atoms. The molecule has 6 heteroatoms. The third-order valence-corrected chi connectivity index (χ3v) is 2.64. The molecule has 1 atom stereocenters. The number of amides is 1. The number of aryl methyl sites for hydroxylation is 1. The molecule has 0 aliphatic rings.